The van der Waals surface area contributed by atoms with Crippen LogP contribution in [0.4, 0.5) is 20.3 Å². The van der Waals surface area contributed by atoms with Crippen molar-refractivity contribution in [2.24, 2.45) is 5.73 Å². The Morgan fingerprint density at radius 2 is 2.00 bits per heavy atom. The van der Waals surface area contributed by atoms with Gasteiger partial charge in [-0.3, -0.25) is 4.79 Å². The molecule has 1 amide bonds. The molecule has 2 rings (SSSR count). The lowest BCUT2D eigenvalue weighted by molar-refractivity contribution is -0.389. The first-order valence-corrected chi connectivity index (χ1v) is 8.91. The van der Waals surface area contributed by atoms with Crippen molar-refractivity contribution in [3.8, 4) is 11.6 Å². The molecular weight excluding hydrogens is 390 g/mol. The van der Waals surface area contributed by atoms with Gasteiger partial charge in [-0.1, -0.05) is 0 Å². The molecule has 0 saturated carbocycles. The van der Waals surface area contributed by atoms with Gasteiger partial charge in [-0.15, -0.1) is 0 Å². The van der Waals surface area contributed by atoms with Gasteiger partial charge >= 0.3 is 11.7 Å². The molecule has 0 aliphatic rings. The van der Waals surface area contributed by atoms with Crippen LogP contribution in [0.2, 0.25) is 0 Å². The largest absolute Gasteiger partial charge is 0.416 e. The molecular formula is C14H12F2N4O6S. The molecule has 1 aromatic heterocycles. The van der Waals surface area contributed by atoms with Crippen molar-refractivity contribution in [1.29, 1.82) is 0 Å². The molecule has 0 aliphatic heterocycles. The number of pyridine rings is 1. The molecule has 144 valence electrons. The molecule has 0 unspecified atom stereocenters. The van der Waals surface area contributed by atoms with E-state index in [2.05, 4.69) is 4.98 Å². The van der Waals surface area contributed by atoms with Gasteiger partial charge in [-0.25, -0.2) is 17.2 Å². The lowest BCUT2D eigenvalue weighted by Crippen LogP contribution is -2.40. The van der Waals surface area contributed by atoms with Crippen molar-refractivity contribution < 1.29 is 31.7 Å². The maximum atomic E-state index is 13.8. The smallest absolute Gasteiger partial charge is 0.367 e. The van der Waals surface area contributed by atoms with Gasteiger partial charge in [0.25, 0.3) is 5.91 Å². The minimum Gasteiger partial charge on any atom is -0.416 e. The van der Waals surface area contributed by atoms with E-state index in [1.807, 2.05) is 0 Å². The van der Waals surface area contributed by atoms with Gasteiger partial charge in [0.15, 0.2) is 17.3 Å². The van der Waals surface area contributed by atoms with Crippen molar-refractivity contribution in [3.05, 3.63) is 52.1 Å². The minimum absolute atomic E-state index is 0.223. The monoisotopic (exact) mass is 402 g/mol. The molecule has 0 saturated heterocycles. The quantitative estimate of drug-likeness (QED) is 0.562. The van der Waals surface area contributed by atoms with Gasteiger partial charge in [0.1, 0.15) is 5.82 Å². The zero-order valence-corrected chi connectivity index (χ0v) is 14.4. The number of carbonyl (C=O) groups is 1. The summed E-state index contributed by atoms with van der Waals surface area (Å²) in [5, 5.41) is 10.9. The number of hydrogen-bond donors (Lipinski definition) is 1. The second kappa shape index (κ2) is 7.59. The van der Waals surface area contributed by atoms with Crippen LogP contribution in [0.1, 0.15) is 0 Å². The fourth-order valence-corrected chi connectivity index (χ4v) is 2.94. The number of amides is 1. The molecule has 13 heteroatoms. The van der Waals surface area contributed by atoms with E-state index in [0.29, 0.717) is 12.3 Å². The Bertz CT molecular complexity index is 1010. The highest BCUT2D eigenvalue weighted by Gasteiger charge is 2.32. The number of carbonyl (C=O) groups excluding carboxylic acids is 1. The number of anilines is 1. The molecule has 0 radical (unpaired) electrons. The van der Waals surface area contributed by atoms with E-state index in [9.17, 15) is 32.1 Å². The predicted molar refractivity (Wildman–Crippen MR) is 88.7 cm³/mol. The van der Waals surface area contributed by atoms with Crippen LogP contribution in [-0.4, -0.2) is 37.0 Å². The summed E-state index contributed by atoms with van der Waals surface area (Å²) in [7, 11) is -4.23. The molecule has 27 heavy (non-hydrogen) atoms. The van der Waals surface area contributed by atoms with Crippen LogP contribution in [-0.2, 0) is 14.8 Å². The maximum absolute atomic E-state index is 13.8. The molecule has 2 N–H and O–H groups in total. The molecule has 0 atom stereocenters. The molecule has 1 heterocycles. The van der Waals surface area contributed by atoms with E-state index in [1.54, 1.807) is 0 Å². The summed E-state index contributed by atoms with van der Waals surface area (Å²) in [5.41, 5.74) is 4.68. The first-order chi connectivity index (χ1) is 12.5. The number of ether oxygens (including phenoxy) is 1. The van der Waals surface area contributed by atoms with E-state index in [4.69, 9.17) is 10.5 Å². The first kappa shape index (κ1) is 20.1. The number of hydrogen-bond acceptors (Lipinski definition) is 8. The van der Waals surface area contributed by atoms with Gasteiger partial charge in [-0.2, -0.15) is 4.31 Å². The highest BCUT2D eigenvalue weighted by molar-refractivity contribution is 7.92. The summed E-state index contributed by atoms with van der Waals surface area (Å²) < 4.78 is 56.1. The summed E-state index contributed by atoms with van der Waals surface area (Å²) in [5.74, 6) is -5.29. The van der Waals surface area contributed by atoms with Crippen LogP contribution >= 0.6 is 0 Å². The number of rotatable bonds is 6. The van der Waals surface area contributed by atoms with Gasteiger partial charge in [0.05, 0.1) is 12.8 Å². The molecule has 0 bridgehead atoms. The van der Waals surface area contributed by atoms with Crippen LogP contribution < -0.4 is 14.8 Å². The third-order valence-corrected chi connectivity index (χ3v) is 4.13. The number of nitro groups is 1. The Labute approximate surface area is 151 Å². The lowest BCUT2D eigenvalue weighted by atomic mass is 10.3. The number of halogens is 2. The van der Waals surface area contributed by atoms with Crippen LogP contribution in [0.25, 0.3) is 0 Å². The van der Waals surface area contributed by atoms with Crippen molar-refractivity contribution in [1.82, 2.24) is 4.98 Å². The molecule has 10 nitrogen and oxygen atoms in total. The summed E-state index contributed by atoms with van der Waals surface area (Å²) in [6.45, 7) is -0.714. The minimum atomic E-state index is -4.23. The fraction of sp³-hybridized carbons (Fsp3) is 0.143. The third-order valence-electron chi connectivity index (χ3n) is 3.06. The number of sulfonamides is 1. The molecule has 0 fully saturated rings. The number of benzene rings is 1. The average Bonchev–Trinajstić information content (AvgIpc) is 2.57. The summed E-state index contributed by atoms with van der Waals surface area (Å²) >= 11 is 0. The van der Waals surface area contributed by atoms with Gasteiger partial charge in [0.2, 0.25) is 10.0 Å². The number of nitrogens with zero attached hydrogens (tertiary/aromatic N) is 3. The predicted octanol–water partition coefficient (Wildman–Crippen LogP) is 1.31. The Hall–Kier alpha value is -3.19. The van der Waals surface area contributed by atoms with Crippen molar-refractivity contribution in [2.75, 3.05) is 17.1 Å². The lowest BCUT2D eigenvalue weighted by Gasteiger charge is -2.20. The second-order valence-electron chi connectivity index (χ2n) is 5.05. The molecule has 0 spiro atoms. The summed E-state index contributed by atoms with van der Waals surface area (Å²) in [6, 6.07) is 3.90. The van der Waals surface area contributed by atoms with E-state index in [1.165, 1.54) is 0 Å². The summed E-state index contributed by atoms with van der Waals surface area (Å²) in [4.78, 5) is 25.5. The Kier molecular flexibility index (Phi) is 5.66. The zero-order chi connectivity index (χ0) is 20.4. The topological polar surface area (TPSA) is 146 Å². The highest BCUT2D eigenvalue weighted by Crippen LogP contribution is 2.35. The van der Waals surface area contributed by atoms with Crippen molar-refractivity contribution >= 4 is 27.4 Å². The first-order valence-electron chi connectivity index (χ1n) is 7.06. The van der Waals surface area contributed by atoms with E-state index in [-0.39, 0.29) is 4.31 Å². The van der Waals surface area contributed by atoms with Crippen LogP contribution in [0.5, 0.6) is 11.6 Å². The Morgan fingerprint density at radius 3 is 2.52 bits per heavy atom. The molecule has 1 aromatic carbocycles. The van der Waals surface area contributed by atoms with E-state index in [0.717, 1.165) is 24.3 Å². The number of aromatic nitrogens is 1. The molecule has 2 aromatic rings. The third kappa shape index (κ3) is 4.51. The Balaban J connectivity index is 2.67. The van der Waals surface area contributed by atoms with Crippen molar-refractivity contribution in [2.45, 2.75) is 0 Å². The molecule has 0 aliphatic carbocycles. The fourth-order valence-electron chi connectivity index (χ4n) is 2.00. The average molecular weight is 402 g/mol. The second-order valence-corrected chi connectivity index (χ2v) is 6.88. The van der Waals surface area contributed by atoms with E-state index < -0.39 is 62.2 Å². The van der Waals surface area contributed by atoms with Gasteiger partial charge < -0.3 is 20.6 Å². The highest BCUT2D eigenvalue weighted by atomic mass is 32.2. The van der Waals surface area contributed by atoms with E-state index >= 15 is 0 Å². The Morgan fingerprint density at radius 1 is 1.33 bits per heavy atom. The SMILES string of the molecule is CS(=O)(=O)N(C(=O)CN)c1ccc([N+](=O)[O-])nc1Oc1ccc(F)cc1F. The van der Waals surface area contributed by atoms with Crippen LogP contribution in [0, 0.1) is 21.7 Å². The summed E-state index contributed by atoms with van der Waals surface area (Å²) in [6.07, 6.45) is 0.685. The zero-order valence-electron chi connectivity index (χ0n) is 13.6. The van der Waals surface area contributed by atoms with Gasteiger partial charge in [0, 0.05) is 17.1 Å². The maximum Gasteiger partial charge on any atom is 0.367 e. The standard InChI is InChI=1S/C14H12F2N4O6S/c1-27(24,25)19(13(21)7-17)10-3-5-12(20(22)23)18-14(10)26-11-4-2-8(15)6-9(11)16/h2-6H,7,17H2,1H3. The normalized spacial score (nSPS) is 11.1. The van der Waals surface area contributed by atoms with Crippen LogP contribution in [0.3, 0.4) is 0 Å². The van der Waals surface area contributed by atoms with Gasteiger partial charge in [-0.05, 0) is 23.1 Å². The number of nitrogens with two attached hydrogens (primary N) is 1. The van der Waals surface area contributed by atoms with Crippen LogP contribution in [0.15, 0.2) is 30.3 Å². The van der Waals surface area contributed by atoms with Crippen molar-refractivity contribution in [3.63, 3.8) is 0 Å².